The number of aromatic nitrogens is 1. The molecule has 2 N–H and O–H groups in total. The molecule has 1 aliphatic heterocycles. The smallest absolute Gasteiger partial charge is 0.309 e. The number of aryl methyl sites for hydroxylation is 1. The molecule has 5 atom stereocenters. The number of esters is 1. The Kier molecular flexibility index (Phi) is 8.54. The molecule has 0 spiro atoms. The van der Waals surface area contributed by atoms with Gasteiger partial charge in [-0.15, -0.1) is 0 Å². The van der Waals surface area contributed by atoms with Gasteiger partial charge in [0.1, 0.15) is 17.4 Å². The Hall–Kier alpha value is -2.51. The minimum Gasteiger partial charge on any atom is -0.457 e. The molecule has 2 heterocycles. The number of rotatable bonds is 1. The second kappa shape index (κ2) is 11.0. The van der Waals surface area contributed by atoms with E-state index >= 15 is 0 Å². The van der Waals surface area contributed by atoms with E-state index in [9.17, 15) is 19.8 Å². The van der Waals surface area contributed by atoms with Crippen LogP contribution in [0.4, 0.5) is 0 Å². The molecule has 1 aromatic heterocycles. The third kappa shape index (κ3) is 6.39. The SMILES string of the molecule is CC1=CC[C@@H](c2ccc3oc(C)nc3c2)OC(=O)CC(O)C(C)(C)C(=O)C(C)[C@@H](O)C(C)CCC1. The molecule has 0 saturated heterocycles. The van der Waals surface area contributed by atoms with Crippen LogP contribution in [0.15, 0.2) is 34.3 Å². The summed E-state index contributed by atoms with van der Waals surface area (Å²) in [5.41, 5.74) is 2.11. The molecule has 3 unspecified atom stereocenters. The van der Waals surface area contributed by atoms with E-state index in [4.69, 9.17) is 9.15 Å². The van der Waals surface area contributed by atoms with Crippen LogP contribution in [0.1, 0.15) is 84.3 Å². The van der Waals surface area contributed by atoms with Crippen molar-refractivity contribution in [2.45, 2.75) is 92.0 Å². The van der Waals surface area contributed by atoms with Crippen LogP contribution in [-0.4, -0.2) is 39.2 Å². The fourth-order valence-corrected chi connectivity index (χ4v) is 4.81. The summed E-state index contributed by atoms with van der Waals surface area (Å²) in [6.07, 6.45) is 2.15. The number of hydrogen-bond donors (Lipinski definition) is 2. The lowest BCUT2D eigenvalue weighted by Crippen LogP contribution is -2.45. The van der Waals surface area contributed by atoms with Crippen LogP contribution in [-0.2, 0) is 14.3 Å². The van der Waals surface area contributed by atoms with E-state index < -0.39 is 35.6 Å². The average Bonchev–Trinajstić information content (AvgIpc) is 3.18. The van der Waals surface area contributed by atoms with Crippen molar-refractivity contribution in [2.75, 3.05) is 0 Å². The van der Waals surface area contributed by atoms with Crippen LogP contribution in [0.3, 0.4) is 0 Å². The van der Waals surface area contributed by atoms with E-state index in [1.807, 2.05) is 32.0 Å². The highest BCUT2D eigenvalue weighted by Crippen LogP contribution is 2.33. The number of oxazole rings is 1. The first kappa shape index (κ1) is 27.1. The van der Waals surface area contributed by atoms with Gasteiger partial charge in [-0.25, -0.2) is 4.98 Å². The first-order chi connectivity index (χ1) is 16.4. The van der Waals surface area contributed by atoms with Crippen molar-refractivity contribution in [3.8, 4) is 0 Å². The molecule has 7 heteroatoms. The molecular weight excluding hydrogens is 446 g/mol. The minimum absolute atomic E-state index is 0.0574. The fraction of sp³-hybridized carbons (Fsp3) is 0.607. The lowest BCUT2D eigenvalue weighted by atomic mass is 9.73. The lowest BCUT2D eigenvalue weighted by Gasteiger charge is -2.34. The third-order valence-electron chi connectivity index (χ3n) is 7.41. The molecule has 0 radical (unpaired) electrons. The summed E-state index contributed by atoms with van der Waals surface area (Å²) in [6, 6.07) is 5.54. The van der Waals surface area contributed by atoms with Crippen molar-refractivity contribution in [3.63, 3.8) is 0 Å². The summed E-state index contributed by atoms with van der Waals surface area (Å²) in [7, 11) is 0. The van der Waals surface area contributed by atoms with Crippen molar-refractivity contribution in [2.24, 2.45) is 17.3 Å². The molecule has 7 nitrogen and oxygen atoms in total. The van der Waals surface area contributed by atoms with Gasteiger partial charge in [0.25, 0.3) is 0 Å². The fourth-order valence-electron chi connectivity index (χ4n) is 4.81. The Balaban J connectivity index is 1.91. The monoisotopic (exact) mass is 485 g/mol. The molecule has 0 aliphatic carbocycles. The van der Waals surface area contributed by atoms with Crippen LogP contribution in [0, 0.1) is 24.2 Å². The molecule has 3 rings (SSSR count). The number of aliphatic hydroxyl groups excluding tert-OH is 2. The van der Waals surface area contributed by atoms with Crippen molar-refractivity contribution in [1.82, 2.24) is 4.98 Å². The first-order valence-electron chi connectivity index (χ1n) is 12.5. The lowest BCUT2D eigenvalue weighted by molar-refractivity contribution is -0.155. The summed E-state index contributed by atoms with van der Waals surface area (Å²) in [5.74, 6) is -0.992. The quantitative estimate of drug-likeness (QED) is 0.421. The van der Waals surface area contributed by atoms with E-state index in [1.54, 1.807) is 27.7 Å². The Morgan fingerprint density at radius 3 is 2.54 bits per heavy atom. The standard InChI is InChI=1S/C28H39NO6/c1-16-8-7-9-17(2)26(32)18(3)27(33)28(5,6)24(30)15-25(31)35-22(12-10-16)20-11-13-23-21(14-20)29-19(4)34-23/h10-11,13-14,17-18,22,24,26,30,32H,7-9,12,15H2,1-6H3/t17?,18?,22-,24?,26-/m0/s1. The highest BCUT2D eigenvalue weighted by atomic mass is 16.5. The number of benzene rings is 1. The highest BCUT2D eigenvalue weighted by molar-refractivity contribution is 5.88. The van der Waals surface area contributed by atoms with Gasteiger partial charge in [0.05, 0.1) is 24.0 Å². The maximum absolute atomic E-state index is 13.2. The van der Waals surface area contributed by atoms with Crippen LogP contribution in [0.5, 0.6) is 0 Å². The molecule has 2 aromatic rings. The van der Waals surface area contributed by atoms with E-state index in [0.717, 1.165) is 24.8 Å². The summed E-state index contributed by atoms with van der Waals surface area (Å²) in [6.45, 7) is 10.7. The molecule has 1 aromatic carbocycles. The van der Waals surface area contributed by atoms with Gasteiger partial charge in [-0.3, -0.25) is 9.59 Å². The molecule has 0 bridgehead atoms. The molecule has 192 valence electrons. The van der Waals surface area contributed by atoms with Gasteiger partial charge < -0.3 is 19.4 Å². The largest absolute Gasteiger partial charge is 0.457 e. The van der Waals surface area contributed by atoms with E-state index in [0.29, 0.717) is 23.4 Å². The molecule has 35 heavy (non-hydrogen) atoms. The number of ketones is 1. The Bertz CT molecular complexity index is 1080. The predicted molar refractivity (Wildman–Crippen MR) is 134 cm³/mol. The van der Waals surface area contributed by atoms with Gasteiger partial charge in [0.15, 0.2) is 11.5 Å². The Morgan fingerprint density at radius 2 is 1.83 bits per heavy atom. The molecule has 0 fully saturated rings. The highest BCUT2D eigenvalue weighted by Gasteiger charge is 2.42. The van der Waals surface area contributed by atoms with Crippen LogP contribution < -0.4 is 0 Å². The third-order valence-corrected chi connectivity index (χ3v) is 7.41. The second-order valence-corrected chi connectivity index (χ2v) is 10.7. The summed E-state index contributed by atoms with van der Waals surface area (Å²) < 4.78 is 11.4. The minimum atomic E-state index is -1.24. The van der Waals surface area contributed by atoms with Crippen molar-refractivity contribution in [3.05, 3.63) is 41.3 Å². The molecular formula is C28H39NO6. The number of cyclic esters (lactones) is 1. The molecule has 1 aliphatic rings. The van der Waals surface area contributed by atoms with Crippen LogP contribution >= 0.6 is 0 Å². The number of allylic oxidation sites excluding steroid dienone is 1. The molecule has 0 saturated carbocycles. The van der Waals surface area contributed by atoms with Crippen molar-refractivity contribution >= 4 is 22.9 Å². The van der Waals surface area contributed by atoms with Gasteiger partial charge in [-0.05, 0) is 49.8 Å². The summed E-state index contributed by atoms with van der Waals surface area (Å²) >= 11 is 0. The normalized spacial score (nSPS) is 29.6. The first-order valence-corrected chi connectivity index (χ1v) is 12.5. The van der Waals surface area contributed by atoms with Gasteiger partial charge in [0, 0.05) is 19.3 Å². The summed E-state index contributed by atoms with van der Waals surface area (Å²) in [5, 5.41) is 21.6. The maximum atomic E-state index is 13.2. The Labute approximate surface area is 207 Å². The topological polar surface area (TPSA) is 110 Å². The van der Waals surface area contributed by atoms with E-state index in [1.165, 1.54) is 5.57 Å². The zero-order valence-corrected chi connectivity index (χ0v) is 21.7. The number of aliphatic hydroxyl groups is 2. The maximum Gasteiger partial charge on any atom is 0.309 e. The zero-order chi connectivity index (χ0) is 25.9. The van der Waals surface area contributed by atoms with Gasteiger partial charge in [-0.2, -0.15) is 0 Å². The number of ether oxygens (including phenoxy) is 1. The zero-order valence-electron chi connectivity index (χ0n) is 21.7. The average molecular weight is 486 g/mol. The van der Waals surface area contributed by atoms with Crippen LogP contribution in [0.25, 0.3) is 11.1 Å². The number of Topliss-reactive ketones (excluding diaryl/α,β-unsaturated/α-hetero) is 1. The molecule has 0 amide bonds. The van der Waals surface area contributed by atoms with Crippen molar-refractivity contribution in [1.29, 1.82) is 0 Å². The van der Waals surface area contributed by atoms with Crippen molar-refractivity contribution < 1.29 is 29.0 Å². The number of hydrogen-bond acceptors (Lipinski definition) is 7. The van der Waals surface area contributed by atoms with E-state index in [-0.39, 0.29) is 18.1 Å². The predicted octanol–water partition coefficient (Wildman–Crippen LogP) is 5.22. The number of carbonyl (C=O) groups is 2. The number of carbonyl (C=O) groups excluding carboxylic acids is 2. The van der Waals surface area contributed by atoms with Gasteiger partial charge in [0.2, 0.25) is 0 Å². The van der Waals surface area contributed by atoms with E-state index in [2.05, 4.69) is 11.1 Å². The number of fused-ring (bicyclic) bond motifs is 1. The second-order valence-electron chi connectivity index (χ2n) is 10.7. The summed E-state index contributed by atoms with van der Waals surface area (Å²) in [4.78, 5) is 30.5. The van der Waals surface area contributed by atoms with Gasteiger partial charge in [-0.1, -0.05) is 45.4 Å². The Morgan fingerprint density at radius 1 is 1.11 bits per heavy atom. The van der Waals surface area contributed by atoms with Crippen LogP contribution in [0.2, 0.25) is 0 Å². The van der Waals surface area contributed by atoms with Gasteiger partial charge >= 0.3 is 5.97 Å². The number of nitrogens with zero attached hydrogens (tertiary/aromatic N) is 1.